The summed E-state index contributed by atoms with van der Waals surface area (Å²) in [5.74, 6) is -1.51. The van der Waals surface area contributed by atoms with Crippen molar-refractivity contribution in [3.8, 4) is 0 Å². The van der Waals surface area contributed by atoms with Gasteiger partial charge in [0.1, 0.15) is 18.1 Å². The van der Waals surface area contributed by atoms with Crippen LogP contribution < -0.4 is 21.3 Å². The Hall–Kier alpha value is -3.47. The normalized spacial score (nSPS) is 26.0. The van der Waals surface area contributed by atoms with Gasteiger partial charge in [-0.1, -0.05) is 25.0 Å². The molecular weight excluding hydrogens is 490 g/mol. The molecule has 4 rings (SSSR count). The Morgan fingerprint density at radius 2 is 1.82 bits per heavy atom. The van der Waals surface area contributed by atoms with Gasteiger partial charge < -0.3 is 30.9 Å². The summed E-state index contributed by atoms with van der Waals surface area (Å²) in [6, 6.07) is 4.48. The molecule has 3 aliphatic rings. The molecule has 0 aromatic heterocycles. The zero-order valence-corrected chi connectivity index (χ0v) is 22.0. The van der Waals surface area contributed by atoms with Gasteiger partial charge in [0.25, 0.3) is 5.91 Å². The summed E-state index contributed by atoms with van der Waals surface area (Å²) in [5, 5.41) is 11.4. The molecular formula is C27H37N5O6. The number of carbonyl (C=O) groups is 5. The first-order valence-electron chi connectivity index (χ1n) is 13.4. The lowest BCUT2D eigenvalue weighted by Gasteiger charge is -2.35. The summed E-state index contributed by atoms with van der Waals surface area (Å²) in [5.41, 5.74) is 1.10. The lowest BCUT2D eigenvalue weighted by atomic mass is 9.98. The van der Waals surface area contributed by atoms with Crippen molar-refractivity contribution in [1.82, 2.24) is 26.2 Å². The molecule has 5 unspecified atom stereocenters. The molecule has 0 aliphatic carbocycles. The molecule has 4 amide bonds. The number of ether oxygens (including phenoxy) is 1. The van der Waals surface area contributed by atoms with Gasteiger partial charge in [0.2, 0.25) is 17.7 Å². The number of benzene rings is 1. The van der Waals surface area contributed by atoms with Crippen molar-refractivity contribution in [1.29, 1.82) is 0 Å². The van der Waals surface area contributed by atoms with E-state index in [0.717, 1.165) is 31.2 Å². The summed E-state index contributed by atoms with van der Waals surface area (Å²) >= 11 is 0. The van der Waals surface area contributed by atoms with Crippen LogP contribution in [0, 0.1) is 0 Å². The van der Waals surface area contributed by atoms with Crippen LogP contribution in [-0.4, -0.2) is 78.4 Å². The molecule has 38 heavy (non-hydrogen) atoms. The molecule has 0 radical (unpaired) electrons. The number of carbonyl (C=O) groups excluding carboxylic acids is 5. The number of nitrogens with one attached hydrogen (secondary N) is 4. The van der Waals surface area contributed by atoms with Crippen LogP contribution in [0.3, 0.4) is 0 Å². The Morgan fingerprint density at radius 3 is 2.55 bits per heavy atom. The molecule has 11 nitrogen and oxygen atoms in total. The Labute approximate surface area is 222 Å². The second-order valence-corrected chi connectivity index (χ2v) is 10.2. The van der Waals surface area contributed by atoms with Crippen LogP contribution in [0.1, 0.15) is 67.8 Å². The fraction of sp³-hybridized carbons (Fsp3) is 0.593. The van der Waals surface area contributed by atoms with Crippen LogP contribution in [0.5, 0.6) is 0 Å². The number of rotatable bonds is 8. The second-order valence-electron chi connectivity index (χ2n) is 10.2. The van der Waals surface area contributed by atoms with Gasteiger partial charge in [-0.15, -0.1) is 0 Å². The second kappa shape index (κ2) is 12.4. The Kier molecular flexibility index (Phi) is 8.98. The zero-order valence-electron chi connectivity index (χ0n) is 22.0. The molecule has 0 saturated carbocycles. The third-order valence-electron chi connectivity index (χ3n) is 7.68. The maximum Gasteiger partial charge on any atom is 0.328 e. The lowest BCUT2D eigenvalue weighted by Crippen LogP contribution is -2.57. The van der Waals surface area contributed by atoms with Crippen molar-refractivity contribution < 1.29 is 28.7 Å². The van der Waals surface area contributed by atoms with Crippen LogP contribution in [0.25, 0.3) is 0 Å². The molecule has 3 saturated heterocycles. The first-order chi connectivity index (χ1) is 18.3. The van der Waals surface area contributed by atoms with Crippen LogP contribution in [0.4, 0.5) is 0 Å². The monoisotopic (exact) mass is 527 g/mol. The van der Waals surface area contributed by atoms with E-state index in [0.29, 0.717) is 31.4 Å². The van der Waals surface area contributed by atoms with Crippen LogP contribution in [0.2, 0.25) is 0 Å². The van der Waals surface area contributed by atoms with E-state index in [9.17, 15) is 24.0 Å². The van der Waals surface area contributed by atoms with Crippen LogP contribution >= 0.6 is 0 Å². The molecule has 206 valence electrons. The molecule has 1 aromatic rings. The van der Waals surface area contributed by atoms with E-state index in [1.807, 2.05) is 0 Å². The number of hydrogen-bond acceptors (Lipinski definition) is 7. The smallest absolute Gasteiger partial charge is 0.328 e. The van der Waals surface area contributed by atoms with Gasteiger partial charge in [0.15, 0.2) is 0 Å². The highest BCUT2D eigenvalue weighted by Gasteiger charge is 2.43. The maximum absolute atomic E-state index is 13.5. The van der Waals surface area contributed by atoms with Crippen molar-refractivity contribution in [3.05, 3.63) is 35.4 Å². The summed E-state index contributed by atoms with van der Waals surface area (Å²) in [4.78, 5) is 65.2. The number of hydrogen-bond donors (Lipinski definition) is 4. The van der Waals surface area contributed by atoms with Crippen LogP contribution in [-0.2, 0) is 30.5 Å². The van der Waals surface area contributed by atoms with Crippen molar-refractivity contribution in [3.63, 3.8) is 0 Å². The van der Waals surface area contributed by atoms with E-state index in [1.54, 1.807) is 43.1 Å². The third kappa shape index (κ3) is 6.32. The molecule has 1 aromatic carbocycles. The first-order valence-corrected chi connectivity index (χ1v) is 13.4. The lowest BCUT2D eigenvalue weighted by molar-refractivity contribution is -0.144. The van der Waals surface area contributed by atoms with E-state index in [4.69, 9.17) is 4.74 Å². The largest absolute Gasteiger partial charge is 0.464 e. The topological polar surface area (TPSA) is 146 Å². The van der Waals surface area contributed by atoms with E-state index >= 15 is 0 Å². The first kappa shape index (κ1) is 27.6. The van der Waals surface area contributed by atoms with Crippen LogP contribution in [0.15, 0.2) is 24.3 Å². The zero-order chi connectivity index (χ0) is 27.2. The summed E-state index contributed by atoms with van der Waals surface area (Å²) < 4.78 is 4.89. The molecule has 5 atom stereocenters. The Bertz CT molecular complexity index is 1080. The molecule has 4 N–H and O–H groups in total. The average Bonchev–Trinajstić information content (AvgIpc) is 3.52. The molecule has 0 bridgehead atoms. The molecule has 3 aliphatic heterocycles. The fourth-order valence-corrected chi connectivity index (χ4v) is 5.35. The number of cyclic esters (lactones) is 1. The molecule has 0 spiro atoms. The predicted molar refractivity (Wildman–Crippen MR) is 138 cm³/mol. The van der Waals surface area contributed by atoms with Gasteiger partial charge in [-0.25, -0.2) is 4.79 Å². The van der Waals surface area contributed by atoms with Gasteiger partial charge >= 0.3 is 5.97 Å². The molecule has 3 heterocycles. The minimum absolute atomic E-state index is 0.0195. The highest BCUT2D eigenvalue weighted by atomic mass is 16.5. The van der Waals surface area contributed by atoms with Gasteiger partial charge in [-0.2, -0.15) is 0 Å². The number of amides is 4. The SMILES string of the molecule is CNC(C)C(=O)NC1CCCCC2CCC(C(=O)NCc3cccc(C(=O)NC4CCOC4=O)c3)N2C1=O. The van der Waals surface area contributed by atoms with Crippen molar-refractivity contribution >= 4 is 29.6 Å². The third-order valence-corrected chi connectivity index (χ3v) is 7.68. The van der Waals surface area contributed by atoms with E-state index in [2.05, 4.69) is 21.3 Å². The van der Waals surface area contributed by atoms with Gasteiger partial charge in [0, 0.05) is 24.6 Å². The van der Waals surface area contributed by atoms with E-state index in [-0.39, 0.29) is 36.2 Å². The number of likely N-dealkylation sites (N-methyl/N-ethyl adjacent to an activating group) is 1. The summed E-state index contributed by atoms with van der Waals surface area (Å²) in [6.45, 7) is 2.22. The Balaban J connectivity index is 1.38. The minimum atomic E-state index is -0.651. The van der Waals surface area contributed by atoms with Gasteiger partial charge in [0.05, 0.1) is 12.6 Å². The maximum atomic E-state index is 13.5. The van der Waals surface area contributed by atoms with E-state index in [1.165, 1.54) is 0 Å². The number of fused-ring (bicyclic) bond motifs is 1. The van der Waals surface area contributed by atoms with E-state index < -0.39 is 30.1 Å². The summed E-state index contributed by atoms with van der Waals surface area (Å²) in [6.07, 6.45) is 4.92. The summed E-state index contributed by atoms with van der Waals surface area (Å²) in [7, 11) is 1.69. The standard InChI is InChI=1S/C27H37N5O6/c1-16(28-2)23(33)30-20-9-4-3-8-19-10-11-22(32(19)26(20)36)25(35)29-15-17-6-5-7-18(14-17)24(34)31-21-12-13-38-27(21)37/h5-7,14,16,19-22,28H,3-4,8-13,15H2,1-2H3,(H,29,35)(H,30,33)(H,31,34). The highest BCUT2D eigenvalue weighted by Crippen LogP contribution is 2.31. The van der Waals surface area contributed by atoms with Gasteiger partial charge in [-0.3, -0.25) is 19.2 Å². The fourth-order valence-electron chi connectivity index (χ4n) is 5.35. The number of nitrogens with zero attached hydrogens (tertiary/aromatic N) is 1. The Morgan fingerprint density at radius 1 is 1.03 bits per heavy atom. The van der Waals surface area contributed by atoms with Gasteiger partial charge in [-0.05, 0) is 57.4 Å². The molecule has 11 heteroatoms. The minimum Gasteiger partial charge on any atom is -0.464 e. The average molecular weight is 528 g/mol. The quantitative estimate of drug-likeness (QED) is 0.358. The highest BCUT2D eigenvalue weighted by molar-refractivity contribution is 5.97. The molecule has 3 fully saturated rings. The predicted octanol–water partition coefficient (Wildman–Crippen LogP) is 0.374. The van der Waals surface area contributed by atoms with Crippen molar-refractivity contribution in [2.45, 2.75) is 88.6 Å². The van der Waals surface area contributed by atoms with Crippen molar-refractivity contribution in [2.75, 3.05) is 13.7 Å². The van der Waals surface area contributed by atoms with Crippen molar-refractivity contribution in [2.24, 2.45) is 0 Å². The number of esters is 1.